The highest BCUT2D eigenvalue weighted by Gasteiger charge is 2.40. The third-order valence-electron chi connectivity index (χ3n) is 4.28. The number of hydrogen-bond acceptors (Lipinski definition) is 4. The van der Waals surface area contributed by atoms with Gasteiger partial charge in [0.25, 0.3) is 0 Å². The standard InChI is InChI=1S/C15H22N2O2S/c1-2-19-15(6-4-3-5-7-15)13(18)10-12-11-17-8-9-20-14(17)16-12/h8-9,11,13,18H,2-7,10H2,1H3. The van der Waals surface area contributed by atoms with Crippen LogP contribution >= 0.6 is 11.3 Å². The van der Waals surface area contributed by atoms with E-state index in [0.717, 1.165) is 36.3 Å². The second-order valence-corrected chi connectivity index (χ2v) is 6.48. The minimum Gasteiger partial charge on any atom is -0.390 e. The Kier molecular flexibility index (Phi) is 4.10. The molecular formula is C15H22N2O2S. The molecule has 1 aliphatic carbocycles. The van der Waals surface area contributed by atoms with Crippen LogP contribution in [0, 0.1) is 0 Å². The first kappa shape index (κ1) is 14.0. The number of aliphatic hydroxyl groups is 1. The van der Waals surface area contributed by atoms with Gasteiger partial charge in [0.05, 0.1) is 17.4 Å². The predicted octanol–water partition coefficient (Wildman–Crippen LogP) is 3.04. The average Bonchev–Trinajstić information content (AvgIpc) is 3.01. The fourth-order valence-electron chi connectivity index (χ4n) is 3.27. The molecular weight excluding hydrogens is 272 g/mol. The van der Waals surface area contributed by atoms with Crippen molar-refractivity contribution in [3.63, 3.8) is 0 Å². The van der Waals surface area contributed by atoms with Crippen molar-refractivity contribution < 1.29 is 9.84 Å². The second kappa shape index (κ2) is 5.84. The summed E-state index contributed by atoms with van der Waals surface area (Å²) in [5, 5.41) is 12.7. The molecule has 0 radical (unpaired) electrons. The van der Waals surface area contributed by atoms with Gasteiger partial charge in [-0.3, -0.25) is 4.40 Å². The summed E-state index contributed by atoms with van der Waals surface area (Å²) >= 11 is 1.62. The van der Waals surface area contributed by atoms with Crippen LogP contribution in [0.1, 0.15) is 44.7 Å². The van der Waals surface area contributed by atoms with E-state index in [1.165, 1.54) is 6.42 Å². The number of nitrogens with zero attached hydrogens (tertiary/aromatic N) is 2. The number of ether oxygens (including phenoxy) is 1. The van der Waals surface area contributed by atoms with Crippen molar-refractivity contribution in [3.8, 4) is 0 Å². The Labute approximate surface area is 123 Å². The van der Waals surface area contributed by atoms with Gasteiger partial charge in [-0.15, -0.1) is 11.3 Å². The van der Waals surface area contributed by atoms with Crippen molar-refractivity contribution in [1.82, 2.24) is 9.38 Å². The zero-order valence-corrected chi connectivity index (χ0v) is 12.7. The number of aromatic nitrogens is 2. The molecule has 5 heteroatoms. The van der Waals surface area contributed by atoms with Gasteiger partial charge in [-0.2, -0.15) is 0 Å². The molecule has 2 aromatic rings. The van der Waals surface area contributed by atoms with Crippen molar-refractivity contribution in [2.45, 2.75) is 57.2 Å². The van der Waals surface area contributed by atoms with Gasteiger partial charge in [-0.05, 0) is 19.8 Å². The number of rotatable bonds is 5. The van der Waals surface area contributed by atoms with E-state index in [-0.39, 0.29) is 5.60 Å². The van der Waals surface area contributed by atoms with Crippen LogP contribution in [0.5, 0.6) is 0 Å². The van der Waals surface area contributed by atoms with Crippen LogP contribution in [-0.4, -0.2) is 32.8 Å². The molecule has 110 valence electrons. The Hall–Kier alpha value is -0.910. The lowest BCUT2D eigenvalue weighted by Crippen LogP contribution is -2.47. The van der Waals surface area contributed by atoms with Crippen LogP contribution in [0.4, 0.5) is 0 Å². The van der Waals surface area contributed by atoms with Gasteiger partial charge in [0.1, 0.15) is 0 Å². The zero-order chi connectivity index (χ0) is 14.0. The molecule has 1 N–H and O–H groups in total. The average molecular weight is 294 g/mol. The minimum absolute atomic E-state index is 0.357. The van der Waals surface area contributed by atoms with E-state index >= 15 is 0 Å². The molecule has 0 saturated heterocycles. The zero-order valence-electron chi connectivity index (χ0n) is 11.9. The van der Waals surface area contributed by atoms with Crippen LogP contribution in [0.15, 0.2) is 17.8 Å². The fraction of sp³-hybridized carbons (Fsp3) is 0.667. The van der Waals surface area contributed by atoms with Gasteiger partial charge < -0.3 is 9.84 Å². The number of thiazole rings is 1. The van der Waals surface area contributed by atoms with Crippen molar-refractivity contribution in [2.75, 3.05) is 6.61 Å². The Morgan fingerprint density at radius 1 is 1.45 bits per heavy atom. The Morgan fingerprint density at radius 2 is 2.25 bits per heavy atom. The summed E-state index contributed by atoms with van der Waals surface area (Å²) in [6.07, 6.45) is 9.60. The molecule has 4 nitrogen and oxygen atoms in total. The van der Waals surface area contributed by atoms with Gasteiger partial charge in [-0.25, -0.2) is 4.98 Å². The smallest absolute Gasteiger partial charge is 0.193 e. The van der Waals surface area contributed by atoms with E-state index in [9.17, 15) is 5.11 Å². The minimum atomic E-state index is -0.465. The number of imidazole rings is 1. The summed E-state index contributed by atoms with van der Waals surface area (Å²) in [6, 6.07) is 0. The second-order valence-electron chi connectivity index (χ2n) is 5.60. The third-order valence-corrected chi connectivity index (χ3v) is 5.06. The predicted molar refractivity (Wildman–Crippen MR) is 80.2 cm³/mol. The molecule has 1 fully saturated rings. The summed E-state index contributed by atoms with van der Waals surface area (Å²) in [5.41, 5.74) is 0.596. The molecule has 0 bridgehead atoms. The van der Waals surface area contributed by atoms with Crippen LogP contribution < -0.4 is 0 Å². The maximum absolute atomic E-state index is 10.7. The Balaban J connectivity index is 1.75. The topological polar surface area (TPSA) is 46.8 Å². The Morgan fingerprint density at radius 3 is 2.95 bits per heavy atom. The van der Waals surface area contributed by atoms with E-state index in [1.54, 1.807) is 11.3 Å². The highest BCUT2D eigenvalue weighted by Crippen LogP contribution is 2.35. The lowest BCUT2D eigenvalue weighted by molar-refractivity contribution is -0.139. The summed E-state index contributed by atoms with van der Waals surface area (Å²) in [6.45, 7) is 2.67. The molecule has 20 heavy (non-hydrogen) atoms. The molecule has 1 aliphatic rings. The van der Waals surface area contributed by atoms with Crippen LogP contribution in [0.25, 0.3) is 4.96 Å². The summed E-state index contributed by atoms with van der Waals surface area (Å²) < 4.78 is 7.99. The number of fused-ring (bicyclic) bond motifs is 1. The maximum Gasteiger partial charge on any atom is 0.193 e. The van der Waals surface area contributed by atoms with E-state index in [2.05, 4.69) is 4.98 Å². The molecule has 1 atom stereocenters. The summed E-state index contributed by atoms with van der Waals surface area (Å²) in [5.74, 6) is 0. The van der Waals surface area contributed by atoms with Crippen molar-refractivity contribution in [2.24, 2.45) is 0 Å². The molecule has 1 unspecified atom stereocenters. The highest BCUT2D eigenvalue weighted by molar-refractivity contribution is 7.15. The molecule has 0 spiro atoms. The van der Waals surface area contributed by atoms with Crippen LogP contribution in [0.3, 0.4) is 0 Å². The molecule has 2 aromatic heterocycles. The van der Waals surface area contributed by atoms with Gasteiger partial charge >= 0.3 is 0 Å². The monoisotopic (exact) mass is 294 g/mol. The lowest BCUT2D eigenvalue weighted by atomic mass is 9.79. The molecule has 0 aromatic carbocycles. The van der Waals surface area contributed by atoms with Gasteiger partial charge in [0.15, 0.2) is 4.96 Å². The molecule has 0 amide bonds. The first-order chi connectivity index (χ1) is 9.73. The van der Waals surface area contributed by atoms with Crippen molar-refractivity contribution in [1.29, 1.82) is 0 Å². The van der Waals surface area contributed by atoms with E-state index < -0.39 is 6.10 Å². The lowest BCUT2D eigenvalue weighted by Gasteiger charge is -2.40. The van der Waals surface area contributed by atoms with Crippen molar-refractivity contribution in [3.05, 3.63) is 23.5 Å². The molecule has 0 aliphatic heterocycles. The third kappa shape index (κ3) is 2.62. The maximum atomic E-state index is 10.7. The van der Waals surface area contributed by atoms with Crippen LogP contribution in [0.2, 0.25) is 0 Å². The van der Waals surface area contributed by atoms with E-state index in [1.807, 2.05) is 29.1 Å². The van der Waals surface area contributed by atoms with E-state index in [4.69, 9.17) is 4.74 Å². The SMILES string of the molecule is CCOC1(C(O)Cc2cn3ccsc3n2)CCCCC1. The van der Waals surface area contributed by atoms with Gasteiger partial charge in [-0.1, -0.05) is 19.3 Å². The number of hydrogen-bond donors (Lipinski definition) is 1. The largest absolute Gasteiger partial charge is 0.390 e. The molecule has 2 heterocycles. The molecule has 1 saturated carbocycles. The quantitative estimate of drug-likeness (QED) is 0.922. The van der Waals surface area contributed by atoms with Crippen molar-refractivity contribution >= 4 is 16.3 Å². The normalized spacial score (nSPS) is 20.3. The highest BCUT2D eigenvalue weighted by atomic mass is 32.1. The van der Waals surface area contributed by atoms with Gasteiger partial charge in [0, 0.05) is 30.8 Å². The summed E-state index contributed by atoms with van der Waals surface area (Å²) in [7, 11) is 0. The Bertz CT molecular complexity index is 523. The fourth-order valence-corrected chi connectivity index (χ4v) is 3.99. The van der Waals surface area contributed by atoms with Gasteiger partial charge in [0.2, 0.25) is 0 Å². The molecule has 3 rings (SSSR count). The first-order valence-corrected chi connectivity index (χ1v) is 8.34. The number of aliphatic hydroxyl groups excluding tert-OH is 1. The first-order valence-electron chi connectivity index (χ1n) is 7.46. The summed E-state index contributed by atoms with van der Waals surface area (Å²) in [4.78, 5) is 5.55. The van der Waals surface area contributed by atoms with Crippen LogP contribution in [-0.2, 0) is 11.2 Å². The van der Waals surface area contributed by atoms with E-state index in [0.29, 0.717) is 13.0 Å².